The molecule has 188 valence electrons. The molecule has 6 heteroatoms. The van der Waals surface area contributed by atoms with Gasteiger partial charge < -0.3 is 25.0 Å². The molecule has 2 heterocycles. The van der Waals surface area contributed by atoms with E-state index in [1.54, 1.807) is 13.3 Å². The van der Waals surface area contributed by atoms with Crippen molar-refractivity contribution in [3.05, 3.63) is 71.4 Å². The van der Waals surface area contributed by atoms with Gasteiger partial charge in [-0.3, -0.25) is 4.98 Å². The van der Waals surface area contributed by atoms with E-state index in [0.29, 0.717) is 23.3 Å². The highest BCUT2D eigenvalue weighted by Crippen LogP contribution is 2.39. The summed E-state index contributed by atoms with van der Waals surface area (Å²) in [6.45, 7) is 2.97. The van der Waals surface area contributed by atoms with Gasteiger partial charge in [-0.2, -0.15) is 0 Å². The summed E-state index contributed by atoms with van der Waals surface area (Å²) in [7, 11) is 1.61. The maximum Gasteiger partial charge on any atom is 0.119 e. The Morgan fingerprint density at radius 1 is 1.09 bits per heavy atom. The first-order valence-corrected chi connectivity index (χ1v) is 12.7. The number of aryl methyl sites for hydroxylation is 1. The number of nitrogens with zero attached hydrogens (tertiary/aromatic N) is 2. The molecule has 1 fully saturated rings. The quantitative estimate of drug-likeness (QED) is 0.382. The fourth-order valence-corrected chi connectivity index (χ4v) is 5.36. The summed E-state index contributed by atoms with van der Waals surface area (Å²) in [5.41, 5.74) is 3.31. The minimum absolute atomic E-state index is 0.134. The summed E-state index contributed by atoms with van der Waals surface area (Å²) in [5, 5.41) is 32.3. The number of aliphatic hydroxyl groups excluding tert-OH is 3. The highest BCUT2D eigenvalue weighted by molar-refractivity contribution is 5.85. The lowest BCUT2D eigenvalue weighted by Gasteiger charge is -2.41. The SMILES string of the molecule is COc1ccc2ncc(CO)c([C@H](O)CCC3(CO)CCN(CCCc4ccccc4)CC3)c2c1. The van der Waals surface area contributed by atoms with Crippen LogP contribution < -0.4 is 4.74 Å². The van der Waals surface area contributed by atoms with Crippen LogP contribution in [0.5, 0.6) is 5.75 Å². The Bertz CT molecular complexity index is 1080. The Morgan fingerprint density at radius 3 is 2.54 bits per heavy atom. The minimum Gasteiger partial charge on any atom is -0.497 e. The second-order valence-electron chi connectivity index (χ2n) is 9.88. The second kappa shape index (κ2) is 12.0. The summed E-state index contributed by atoms with van der Waals surface area (Å²) in [5.74, 6) is 0.689. The molecular formula is C29H38N2O4. The third-order valence-electron chi connectivity index (χ3n) is 7.69. The summed E-state index contributed by atoms with van der Waals surface area (Å²) in [4.78, 5) is 6.93. The summed E-state index contributed by atoms with van der Waals surface area (Å²) in [6, 6.07) is 16.2. The number of aliphatic hydroxyl groups is 3. The number of pyridine rings is 1. The van der Waals surface area contributed by atoms with Gasteiger partial charge >= 0.3 is 0 Å². The van der Waals surface area contributed by atoms with Gasteiger partial charge in [0.15, 0.2) is 0 Å². The largest absolute Gasteiger partial charge is 0.497 e. The van der Waals surface area contributed by atoms with Gasteiger partial charge in [-0.1, -0.05) is 30.3 Å². The lowest BCUT2D eigenvalue weighted by Crippen LogP contribution is -2.42. The van der Waals surface area contributed by atoms with E-state index in [1.807, 2.05) is 18.2 Å². The van der Waals surface area contributed by atoms with Crippen LogP contribution in [0, 0.1) is 5.41 Å². The molecule has 6 nitrogen and oxygen atoms in total. The van der Waals surface area contributed by atoms with Crippen molar-refractivity contribution in [1.82, 2.24) is 9.88 Å². The third-order valence-corrected chi connectivity index (χ3v) is 7.69. The van der Waals surface area contributed by atoms with Crippen LogP contribution in [0.25, 0.3) is 10.9 Å². The van der Waals surface area contributed by atoms with Crippen LogP contribution in [0.4, 0.5) is 0 Å². The zero-order valence-corrected chi connectivity index (χ0v) is 20.7. The van der Waals surface area contributed by atoms with E-state index in [0.717, 1.165) is 62.6 Å². The van der Waals surface area contributed by atoms with Gasteiger partial charge in [-0.25, -0.2) is 0 Å². The first-order chi connectivity index (χ1) is 17.1. The number of ether oxygens (including phenoxy) is 1. The van der Waals surface area contributed by atoms with Crippen molar-refractivity contribution < 1.29 is 20.1 Å². The van der Waals surface area contributed by atoms with Crippen LogP contribution in [-0.4, -0.2) is 58.6 Å². The summed E-state index contributed by atoms with van der Waals surface area (Å²) >= 11 is 0. The predicted molar refractivity (Wildman–Crippen MR) is 138 cm³/mol. The molecule has 0 bridgehead atoms. The summed E-state index contributed by atoms with van der Waals surface area (Å²) in [6.07, 6.45) is 6.24. The molecule has 0 aliphatic carbocycles. The van der Waals surface area contributed by atoms with E-state index < -0.39 is 6.10 Å². The lowest BCUT2D eigenvalue weighted by atomic mass is 9.74. The van der Waals surface area contributed by atoms with Gasteiger partial charge in [-0.15, -0.1) is 0 Å². The average molecular weight is 479 g/mol. The van der Waals surface area contributed by atoms with Crippen molar-refractivity contribution in [3.8, 4) is 5.75 Å². The predicted octanol–water partition coefficient (Wildman–Crippen LogP) is 4.26. The number of piperidine rings is 1. The van der Waals surface area contributed by atoms with E-state index in [4.69, 9.17) is 4.74 Å². The van der Waals surface area contributed by atoms with Crippen LogP contribution >= 0.6 is 0 Å². The number of benzene rings is 2. The van der Waals surface area contributed by atoms with Crippen molar-refractivity contribution in [3.63, 3.8) is 0 Å². The van der Waals surface area contributed by atoms with Crippen LogP contribution in [0.3, 0.4) is 0 Å². The third kappa shape index (κ3) is 6.19. The highest BCUT2D eigenvalue weighted by Gasteiger charge is 2.34. The molecule has 0 radical (unpaired) electrons. The number of hydrogen-bond donors (Lipinski definition) is 3. The highest BCUT2D eigenvalue weighted by atomic mass is 16.5. The molecule has 1 aromatic heterocycles. The van der Waals surface area contributed by atoms with Crippen LogP contribution in [-0.2, 0) is 13.0 Å². The summed E-state index contributed by atoms with van der Waals surface area (Å²) < 4.78 is 5.37. The fourth-order valence-electron chi connectivity index (χ4n) is 5.36. The normalized spacial score (nSPS) is 16.9. The second-order valence-corrected chi connectivity index (χ2v) is 9.88. The molecule has 0 spiro atoms. The average Bonchev–Trinajstić information content (AvgIpc) is 2.92. The monoisotopic (exact) mass is 478 g/mol. The Kier molecular flexibility index (Phi) is 8.74. The van der Waals surface area contributed by atoms with Crippen molar-refractivity contribution >= 4 is 10.9 Å². The molecule has 0 amide bonds. The van der Waals surface area contributed by atoms with Gasteiger partial charge in [0.25, 0.3) is 0 Å². The minimum atomic E-state index is -0.748. The van der Waals surface area contributed by atoms with E-state index >= 15 is 0 Å². The lowest BCUT2D eigenvalue weighted by molar-refractivity contribution is 0.0232. The molecule has 2 aromatic carbocycles. The van der Waals surface area contributed by atoms with Crippen LogP contribution in [0.2, 0.25) is 0 Å². The Balaban J connectivity index is 1.36. The molecule has 3 N–H and O–H groups in total. The molecule has 1 aliphatic heterocycles. The molecule has 35 heavy (non-hydrogen) atoms. The van der Waals surface area contributed by atoms with Gasteiger partial charge in [0, 0.05) is 23.8 Å². The maximum absolute atomic E-state index is 11.2. The van der Waals surface area contributed by atoms with Crippen LogP contribution in [0.1, 0.15) is 54.9 Å². The van der Waals surface area contributed by atoms with Gasteiger partial charge in [0.05, 0.1) is 25.3 Å². The van der Waals surface area contributed by atoms with Crippen molar-refractivity contribution in [2.24, 2.45) is 5.41 Å². The van der Waals surface area contributed by atoms with Gasteiger partial charge in [0.2, 0.25) is 0 Å². The van der Waals surface area contributed by atoms with E-state index in [-0.39, 0.29) is 18.6 Å². The van der Waals surface area contributed by atoms with Crippen molar-refractivity contribution in [2.45, 2.75) is 51.2 Å². The Labute approximate surface area is 208 Å². The van der Waals surface area contributed by atoms with E-state index in [9.17, 15) is 15.3 Å². The Hall–Kier alpha value is -2.51. The number of fused-ring (bicyclic) bond motifs is 1. The fraction of sp³-hybridized carbons (Fsp3) is 0.483. The number of rotatable bonds is 11. The zero-order chi connectivity index (χ0) is 24.7. The topological polar surface area (TPSA) is 86.0 Å². The van der Waals surface area contributed by atoms with E-state index in [2.05, 4.69) is 40.2 Å². The number of hydrogen-bond acceptors (Lipinski definition) is 6. The first kappa shape index (κ1) is 25.6. The van der Waals surface area contributed by atoms with Crippen LogP contribution in [0.15, 0.2) is 54.7 Å². The molecule has 4 rings (SSSR count). The zero-order valence-electron chi connectivity index (χ0n) is 20.7. The van der Waals surface area contributed by atoms with Gasteiger partial charge in [0.1, 0.15) is 5.75 Å². The molecule has 0 unspecified atom stereocenters. The number of aromatic nitrogens is 1. The van der Waals surface area contributed by atoms with Gasteiger partial charge in [-0.05, 0) is 92.9 Å². The number of likely N-dealkylation sites (tertiary alicyclic amines) is 1. The molecule has 1 saturated heterocycles. The molecule has 1 aliphatic rings. The van der Waals surface area contributed by atoms with E-state index in [1.165, 1.54) is 5.56 Å². The maximum atomic E-state index is 11.2. The molecule has 3 aromatic rings. The van der Waals surface area contributed by atoms with Crippen molar-refractivity contribution in [1.29, 1.82) is 0 Å². The smallest absolute Gasteiger partial charge is 0.119 e. The first-order valence-electron chi connectivity index (χ1n) is 12.7. The molecule has 0 saturated carbocycles. The number of methoxy groups -OCH3 is 1. The Morgan fingerprint density at radius 2 is 1.86 bits per heavy atom. The van der Waals surface area contributed by atoms with Crippen molar-refractivity contribution in [2.75, 3.05) is 33.4 Å². The standard InChI is InChI=1S/C29H38N2O4/c1-35-24-9-10-26-25(18-24)28(23(20-32)19-30-26)27(34)11-12-29(21-33)13-16-31(17-14-29)15-5-8-22-6-3-2-4-7-22/h2-4,6-7,9-10,18-19,27,32-34H,5,8,11-17,20-21H2,1H3/t27-/m1/s1. The molecular weight excluding hydrogens is 440 g/mol. The molecule has 1 atom stereocenters.